The standard InChI is InChI=1S/C17H13Cl2N3O2/c1-22(17(23)12-4-8-14(19)9-5-12)10-15-20-16(21-24-15)11-2-6-13(18)7-3-11/h2-9H,10H2,1H3. The van der Waals surface area contributed by atoms with Gasteiger partial charge in [-0.15, -0.1) is 0 Å². The van der Waals surface area contributed by atoms with Crippen LogP contribution < -0.4 is 0 Å². The van der Waals surface area contributed by atoms with Crippen molar-refractivity contribution in [3.63, 3.8) is 0 Å². The van der Waals surface area contributed by atoms with E-state index in [1.54, 1.807) is 55.6 Å². The van der Waals surface area contributed by atoms with Crippen LogP contribution in [0.1, 0.15) is 16.2 Å². The molecule has 0 atom stereocenters. The lowest BCUT2D eigenvalue weighted by atomic mass is 10.2. The van der Waals surface area contributed by atoms with Crippen LogP contribution in [0.5, 0.6) is 0 Å². The first-order chi connectivity index (χ1) is 11.5. The molecule has 0 saturated carbocycles. The molecule has 3 rings (SSSR count). The second-order valence-corrected chi connectivity index (χ2v) is 6.06. The highest BCUT2D eigenvalue weighted by molar-refractivity contribution is 6.30. The monoisotopic (exact) mass is 361 g/mol. The minimum Gasteiger partial charge on any atom is -0.337 e. The molecule has 24 heavy (non-hydrogen) atoms. The number of hydrogen-bond acceptors (Lipinski definition) is 4. The highest BCUT2D eigenvalue weighted by Gasteiger charge is 2.16. The molecule has 0 N–H and O–H groups in total. The molecule has 0 aliphatic heterocycles. The number of rotatable bonds is 4. The summed E-state index contributed by atoms with van der Waals surface area (Å²) >= 11 is 11.7. The largest absolute Gasteiger partial charge is 0.337 e. The van der Waals surface area contributed by atoms with Gasteiger partial charge < -0.3 is 9.42 Å². The van der Waals surface area contributed by atoms with Gasteiger partial charge in [0, 0.05) is 28.2 Å². The van der Waals surface area contributed by atoms with Gasteiger partial charge in [0.2, 0.25) is 11.7 Å². The van der Waals surface area contributed by atoms with Crippen molar-refractivity contribution in [2.45, 2.75) is 6.54 Å². The Labute approximate surface area is 148 Å². The van der Waals surface area contributed by atoms with Crippen LogP contribution in [0.2, 0.25) is 10.0 Å². The normalized spacial score (nSPS) is 10.6. The van der Waals surface area contributed by atoms with Gasteiger partial charge in [-0.05, 0) is 48.5 Å². The lowest BCUT2D eigenvalue weighted by Crippen LogP contribution is -2.26. The Morgan fingerprint density at radius 2 is 1.62 bits per heavy atom. The quantitative estimate of drug-likeness (QED) is 0.694. The van der Waals surface area contributed by atoms with E-state index in [2.05, 4.69) is 10.1 Å². The third-order valence-electron chi connectivity index (χ3n) is 3.38. The summed E-state index contributed by atoms with van der Waals surface area (Å²) in [5.74, 6) is 0.650. The molecule has 0 saturated heterocycles. The predicted octanol–water partition coefficient (Wildman–Crippen LogP) is 4.32. The highest BCUT2D eigenvalue weighted by Crippen LogP contribution is 2.19. The van der Waals surface area contributed by atoms with E-state index in [1.807, 2.05) is 0 Å². The minimum absolute atomic E-state index is 0.155. The molecule has 0 spiro atoms. The molecular formula is C17H13Cl2N3O2. The molecule has 0 fully saturated rings. The van der Waals surface area contributed by atoms with Crippen LogP contribution in [0.4, 0.5) is 0 Å². The Morgan fingerprint density at radius 3 is 2.25 bits per heavy atom. The molecular weight excluding hydrogens is 349 g/mol. The molecule has 1 aromatic heterocycles. The smallest absolute Gasteiger partial charge is 0.254 e. The van der Waals surface area contributed by atoms with Gasteiger partial charge in [0.25, 0.3) is 5.91 Å². The Hall–Kier alpha value is -2.37. The van der Waals surface area contributed by atoms with Crippen LogP contribution >= 0.6 is 23.2 Å². The van der Waals surface area contributed by atoms with E-state index < -0.39 is 0 Å². The topological polar surface area (TPSA) is 59.2 Å². The minimum atomic E-state index is -0.155. The first-order valence-electron chi connectivity index (χ1n) is 7.12. The van der Waals surface area contributed by atoms with E-state index in [9.17, 15) is 4.79 Å². The van der Waals surface area contributed by atoms with Crippen molar-refractivity contribution in [2.24, 2.45) is 0 Å². The Kier molecular flexibility index (Phi) is 4.83. The molecule has 7 heteroatoms. The summed E-state index contributed by atoms with van der Waals surface area (Å²) in [5.41, 5.74) is 1.33. The van der Waals surface area contributed by atoms with E-state index in [0.717, 1.165) is 5.56 Å². The van der Waals surface area contributed by atoms with Gasteiger partial charge in [-0.2, -0.15) is 4.98 Å². The van der Waals surface area contributed by atoms with E-state index in [0.29, 0.717) is 27.3 Å². The number of amides is 1. The second-order valence-electron chi connectivity index (χ2n) is 5.19. The van der Waals surface area contributed by atoms with E-state index in [1.165, 1.54) is 4.90 Å². The van der Waals surface area contributed by atoms with Gasteiger partial charge in [0.05, 0.1) is 6.54 Å². The zero-order chi connectivity index (χ0) is 17.1. The van der Waals surface area contributed by atoms with Crippen molar-refractivity contribution >= 4 is 29.1 Å². The van der Waals surface area contributed by atoms with Crippen molar-refractivity contribution < 1.29 is 9.32 Å². The van der Waals surface area contributed by atoms with E-state index in [-0.39, 0.29) is 12.5 Å². The number of halogens is 2. The number of nitrogens with zero attached hydrogens (tertiary/aromatic N) is 3. The van der Waals surface area contributed by atoms with Crippen molar-refractivity contribution in [3.05, 3.63) is 70.0 Å². The Bertz CT molecular complexity index is 845. The fourth-order valence-electron chi connectivity index (χ4n) is 2.12. The fraction of sp³-hybridized carbons (Fsp3) is 0.118. The summed E-state index contributed by atoms with van der Waals surface area (Å²) in [6, 6.07) is 13.8. The summed E-state index contributed by atoms with van der Waals surface area (Å²) in [6.07, 6.45) is 0. The maximum absolute atomic E-state index is 12.4. The van der Waals surface area contributed by atoms with Crippen molar-refractivity contribution in [1.29, 1.82) is 0 Å². The molecule has 0 unspecified atom stereocenters. The predicted molar refractivity (Wildman–Crippen MR) is 92.0 cm³/mol. The van der Waals surface area contributed by atoms with Crippen LogP contribution in [-0.4, -0.2) is 28.0 Å². The first kappa shape index (κ1) is 16.5. The lowest BCUT2D eigenvalue weighted by Gasteiger charge is -2.14. The number of benzene rings is 2. The third-order valence-corrected chi connectivity index (χ3v) is 3.88. The van der Waals surface area contributed by atoms with E-state index >= 15 is 0 Å². The lowest BCUT2D eigenvalue weighted by molar-refractivity contribution is 0.0769. The first-order valence-corrected chi connectivity index (χ1v) is 7.88. The number of aromatic nitrogens is 2. The molecule has 3 aromatic rings. The highest BCUT2D eigenvalue weighted by atomic mass is 35.5. The van der Waals surface area contributed by atoms with Crippen molar-refractivity contribution in [1.82, 2.24) is 15.0 Å². The molecule has 2 aromatic carbocycles. The molecule has 1 heterocycles. The molecule has 0 aliphatic rings. The number of carbonyl (C=O) groups excluding carboxylic acids is 1. The van der Waals surface area contributed by atoms with Crippen molar-refractivity contribution in [3.8, 4) is 11.4 Å². The fourth-order valence-corrected chi connectivity index (χ4v) is 2.37. The Morgan fingerprint density at radius 1 is 1.04 bits per heavy atom. The van der Waals surface area contributed by atoms with Gasteiger partial charge in [-0.3, -0.25) is 4.79 Å². The van der Waals surface area contributed by atoms with Gasteiger partial charge in [-0.25, -0.2) is 0 Å². The zero-order valence-electron chi connectivity index (χ0n) is 12.7. The summed E-state index contributed by atoms with van der Waals surface area (Å²) < 4.78 is 5.22. The second kappa shape index (κ2) is 7.03. The summed E-state index contributed by atoms with van der Waals surface area (Å²) in [5, 5.41) is 5.15. The Balaban J connectivity index is 1.70. The maximum Gasteiger partial charge on any atom is 0.254 e. The summed E-state index contributed by atoms with van der Waals surface area (Å²) in [4.78, 5) is 18.2. The van der Waals surface area contributed by atoms with Crippen LogP contribution in [0, 0.1) is 0 Å². The molecule has 5 nitrogen and oxygen atoms in total. The van der Waals surface area contributed by atoms with Gasteiger partial charge in [-0.1, -0.05) is 28.4 Å². The average Bonchev–Trinajstić information content (AvgIpc) is 3.04. The molecule has 122 valence electrons. The molecule has 0 bridgehead atoms. The van der Waals surface area contributed by atoms with Gasteiger partial charge in [0.15, 0.2) is 0 Å². The van der Waals surface area contributed by atoms with Crippen molar-refractivity contribution in [2.75, 3.05) is 7.05 Å². The van der Waals surface area contributed by atoms with E-state index in [4.69, 9.17) is 27.7 Å². The summed E-state index contributed by atoms with van der Waals surface area (Å²) in [6.45, 7) is 0.210. The summed E-state index contributed by atoms with van der Waals surface area (Å²) in [7, 11) is 1.67. The SMILES string of the molecule is CN(Cc1nc(-c2ccc(Cl)cc2)no1)C(=O)c1ccc(Cl)cc1. The maximum atomic E-state index is 12.4. The van der Waals surface area contributed by atoms with Crippen LogP contribution in [-0.2, 0) is 6.54 Å². The molecule has 0 aliphatic carbocycles. The number of carbonyl (C=O) groups is 1. The average molecular weight is 362 g/mol. The number of hydrogen-bond donors (Lipinski definition) is 0. The van der Waals surface area contributed by atoms with Crippen LogP contribution in [0.15, 0.2) is 53.1 Å². The molecule has 1 amide bonds. The molecule has 0 radical (unpaired) electrons. The third kappa shape index (κ3) is 3.75. The van der Waals surface area contributed by atoms with Crippen LogP contribution in [0.3, 0.4) is 0 Å². The van der Waals surface area contributed by atoms with Crippen LogP contribution in [0.25, 0.3) is 11.4 Å². The zero-order valence-corrected chi connectivity index (χ0v) is 14.3. The van der Waals surface area contributed by atoms with Gasteiger partial charge in [0.1, 0.15) is 0 Å². The van der Waals surface area contributed by atoms with Gasteiger partial charge >= 0.3 is 0 Å².